The molecular formula is C13H15NO4. The molecule has 0 aromatic heterocycles. The Morgan fingerprint density at radius 2 is 2.00 bits per heavy atom. The average molecular weight is 249 g/mol. The summed E-state index contributed by atoms with van der Waals surface area (Å²) in [4.78, 5) is 22.0. The van der Waals surface area contributed by atoms with Crippen molar-refractivity contribution in [1.29, 1.82) is 0 Å². The predicted octanol–water partition coefficient (Wildman–Crippen LogP) is 1.35. The fourth-order valence-corrected chi connectivity index (χ4v) is 1.30. The topological polar surface area (TPSA) is 64.6 Å². The van der Waals surface area contributed by atoms with Crippen LogP contribution in [-0.4, -0.2) is 26.1 Å². The Balaban J connectivity index is 2.92. The van der Waals surface area contributed by atoms with E-state index in [1.807, 2.05) is 0 Å². The lowest BCUT2D eigenvalue weighted by atomic mass is 10.2. The number of hydrogen-bond donors (Lipinski definition) is 1. The lowest BCUT2D eigenvalue weighted by molar-refractivity contribution is -0.139. The number of esters is 1. The Kier molecular flexibility index (Phi) is 5.44. The van der Waals surface area contributed by atoms with Crippen molar-refractivity contribution in [2.45, 2.75) is 6.92 Å². The van der Waals surface area contributed by atoms with Gasteiger partial charge in [-0.1, -0.05) is 12.1 Å². The van der Waals surface area contributed by atoms with Gasteiger partial charge in [0.2, 0.25) is 6.41 Å². The molecule has 1 rings (SSSR count). The van der Waals surface area contributed by atoms with Crippen molar-refractivity contribution in [1.82, 2.24) is 5.32 Å². The number of nitrogens with one attached hydrogen (secondary N) is 1. The van der Waals surface area contributed by atoms with Crippen LogP contribution in [-0.2, 0) is 14.3 Å². The van der Waals surface area contributed by atoms with Crippen LogP contribution in [0.1, 0.15) is 12.5 Å². The van der Waals surface area contributed by atoms with Crippen molar-refractivity contribution >= 4 is 18.5 Å². The van der Waals surface area contributed by atoms with Crippen LogP contribution in [0.25, 0.3) is 6.08 Å². The molecule has 5 nitrogen and oxygen atoms in total. The maximum absolute atomic E-state index is 11.5. The van der Waals surface area contributed by atoms with Crippen molar-refractivity contribution < 1.29 is 19.1 Å². The number of benzene rings is 1. The molecule has 0 fully saturated rings. The van der Waals surface area contributed by atoms with Gasteiger partial charge in [-0.3, -0.25) is 4.79 Å². The lowest BCUT2D eigenvalue weighted by Gasteiger charge is -2.05. The molecule has 0 radical (unpaired) electrons. The molecule has 1 N–H and O–H groups in total. The second-order valence-corrected chi connectivity index (χ2v) is 3.31. The number of amides is 1. The Hall–Kier alpha value is -2.30. The summed E-state index contributed by atoms with van der Waals surface area (Å²) in [6.45, 7) is 1.95. The monoisotopic (exact) mass is 249 g/mol. The first-order chi connectivity index (χ1) is 8.71. The zero-order valence-corrected chi connectivity index (χ0v) is 10.3. The molecule has 0 aliphatic heterocycles. The van der Waals surface area contributed by atoms with Crippen molar-refractivity contribution in [2.24, 2.45) is 0 Å². The first-order valence-corrected chi connectivity index (χ1v) is 5.44. The fourth-order valence-electron chi connectivity index (χ4n) is 1.30. The molecule has 1 aromatic rings. The van der Waals surface area contributed by atoms with Gasteiger partial charge in [0.05, 0.1) is 13.7 Å². The van der Waals surface area contributed by atoms with Crippen molar-refractivity contribution in [3.8, 4) is 5.75 Å². The molecule has 96 valence electrons. The maximum Gasteiger partial charge on any atom is 0.354 e. The van der Waals surface area contributed by atoms with Gasteiger partial charge in [-0.15, -0.1) is 0 Å². The minimum absolute atomic E-state index is 0.0945. The highest BCUT2D eigenvalue weighted by molar-refractivity contribution is 5.95. The number of hydrogen-bond acceptors (Lipinski definition) is 4. The molecule has 0 atom stereocenters. The standard InChI is InChI=1S/C13H15NO4/c1-3-18-13(16)12(14-9-15)8-10-4-6-11(17-2)7-5-10/h4-9H,3H2,1-2H3,(H,14,15). The first-order valence-electron chi connectivity index (χ1n) is 5.44. The van der Waals surface area contributed by atoms with Gasteiger partial charge in [0, 0.05) is 0 Å². The molecular weight excluding hydrogens is 234 g/mol. The minimum atomic E-state index is -0.569. The molecule has 0 unspecified atom stereocenters. The van der Waals surface area contributed by atoms with Crippen LogP contribution in [0.5, 0.6) is 5.75 Å². The normalized spacial score (nSPS) is 10.7. The lowest BCUT2D eigenvalue weighted by Crippen LogP contribution is -2.20. The molecule has 1 amide bonds. The van der Waals surface area contributed by atoms with E-state index in [-0.39, 0.29) is 12.3 Å². The van der Waals surface area contributed by atoms with Crippen LogP contribution in [0.2, 0.25) is 0 Å². The molecule has 0 bridgehead atoms. The quantitative estimate of drug-likeness (QED) is 0.469. The van der Waals surface area contributed by atoms with Gasteiger partial charge >= 0.3 is 5.97 Å². The van der Waals surface area contributed by atoms with Crippen molar-refractivity contribution in [3.05, 3.63) is 35.5 Å². The summed E-state index contributed by atoms with van der Waals surface area (Å²) in [7, 11) is 1.57. The smallest absolute Gasteiger partial charge is 0.354 e. The van der Waals surface area contributed by atoms with E-state index in [0.717, 1.165) is 5.56 Å². The molecule has 18 heavy (non-hydrogen) atoms. The number of methoxy groups -OCH3 is 1. The van der Waals surface area contributed by atoms with E-state index in [1.54, 1.807) is 38.3 Å². The van der Waals surface area contributed by atoms with Gasteiger partial charge in [0.1, 0.15) is 11.4 Å². The third-order valence-corrected chi connectivity index (χ3v) is 2.14. The highest BCUT2D eigenvalue weighted by Gasteiger charge is 2.09. The summed E-state index contributed by atoms with van der Waals surface area (Å²) >= 11 is 0. The minimum Gasteiger partial charge on any atom is -0.497 e. The number of ether oxygens (including phenoxy) is 2. The predicted molar refractivity (Wildman–Crippen MR) is 66.8 cm³/mol. The maximum atomic E-state index is 11.5. The first kappa shape index (κ1) is 13.8. The average Bonchev–Trinajstić information content (AvgIpc) is 2.39. The van der Waals surface area contributed by atoms with E-state index in [2.05, 4.69) is 5.32 Å². The summed E-state index contributed by atoms with van der Waals surface area (Å²) in [5, 5.41) is 2.32. The highest BCUT2D eigenvalue weighted by atomic mass is 16.5. The molecule has 0 spiro atoms. The molecule has 0 heterocycles. The van der Waals surface area contributed by atoms with Crippen LogP contribution in [0.15, 0.2) is 30.0 Å². The Morgan fingerprint density at radius 3 is 2.50 bits per heavy atom. The SMILES string of the molecule is CCOC(=O)C(=Cc1ccc(OC)cc1)NC=O. The Labute approximate surface area is 105 Å². The summed E-state index contributed by atoms with van der Waals surface area (Å²) in [6.07, 6.45) is 1.97. The summed E-state index contributed by atoms with van der Waals surface area (Å²) in [5.74, 6) is 0.147. The highest BCUT2D eigenvalue weighted by Crippen LogP contribution is 2.13. The Bertz CT molecular complexity index is 437. The second kappa shape index (κ2) is 7.11. The van der Waals surface area contributed by atoms with Crippen LogP contribution in [0, 0.1) is 0 Å². The molecule has 0 aliphatic rings. The van der Waals surface area contributed by atoms with Gasteiger partial charge in [-0.25, -0.2) is 4.79 Å². The summed E-state index contributed by atoms with van der Waals surface area (Å²) < 4.78 is 9.84. The summed E-state index contributed by atoms with van der Waals surface area (Å²) in [6, 6.07) is 7.06. The number of carbonyl (C=O) groups is 2. The second-order valence-electron chi connectivity index (χ2n) is 3.31. The van der Waals surface area contributed by atoms with E-state index < -0.39 is 5.97 Å². The van der Waals surface area contributed by atoms with E-state index in [4.69, 9.17) is 9.47 Å². The molecule has 0 saturated heterocycles. The number of carbonyl (C=O) groups excluding carboxylic acids is 2. The molecule has 0 saturated carbocycles. The van der Waals surface area contributed by atoms with Gasteiger partial charge in [0.25, 0.3) is 0 Å². The third kappa shape index (κ3) is 3.93. The van der Waals surface area contributed by atoms with E-state index in [9.17, 15) is 9.59 Å². The van der Waals surface area contributed by atoms with E-state index in [0.29, 0.717) is 12.2 Å². The van der Waals surface area contributed by atoms with Crippen molar-refractivity contribution in [3.63, 3.8) is 0 Å². The molecule has 1 aromatic carbocycles. The van der Waals surface area contributed by atoms with Gasteiger partial charge in [0.15, 0.2) is 0 Å². The molecule has 5 heteroatoms. The largest absolute Gasteiger partial charge is 0.497 e. The van der Waals surface area contributed by atoms with Crippen LogP contribution >= 0.6 is 0 Å². The van der Waals surface area contributed by atoms with Gasteiger partial charge in [-0.2, -0.15) is 0 Å². The fraction of sp³-hybridized carbons (Fsp3) is 0.231. The number of rotatable bonds is 6. The van der Waals surface area contributed by atoms with Gasteiger partial charge in [-0.05, 0) is 30.7 Å². The van der Waals surface area contributed by atoms with Crippen LogP contribution in [0.3, 0.4) is 0 Å². The molecule has 0 aliphatic carbocycles. The zero-order chi connectivity index (χ0) is 13.4. The van der Waals surface area contributed by atoms with Crippen LogP contribution in [0.4, 0.5) is 0 Å². The van der Waals surface area contributed by atoms with E-state index in [1.165, 1.54) is 6.08 Å². The van der Waals surface area contributed by atoms with Crippen LogP contribution < -0.4 is 10.1 Å². The Morgan fingerprint density at radius 1 is 1.33 bits per heavy atom. The van der Waals surface area contributed by atoms with Gasteiger partial charge < -0.3 is 14.8 Å². The summed E-state index contributed by atoms with van der Waals surface area (Å²) in [5.41, 5.74) is 0.852. The van der Waals surface area contributed by atoms with E-state index >= 15 is 0 Å². The third-order valence-electron chi connectivity index (χ3n) is 2.14. The van der Waals surface area contributed by atoms with Crippen molar-refractivity contribution in [2.75, 3.05) is 13.7 Å². The zero-order valence-electron chi connectivity index (χ0n) is 10.3.